The van der Waals surface area contributed by atoms with E-state index in [1.165, 1.54) is 6.92 Å². The highest BCUT2D eigenvalue weighted by Gasteiger charge is 2.22. The summed E-state index contributed by atoms with van der Waals surface area (Å²) in [6, 6.07) is 10.4. The molecule has 1 aromatic heterocycles. The van der Waals surface area contributed by atoms with Crippen molar-refractivity contribution >= 4 is 17.4 Å². The van der Waals surface area contributed by atoms with Gasteiger partial charge in [0, 0.05) is 11.3 Å². The van der Waals surface area contributed by atoms with Gasteiger partial charge in [-0.2, -0.15) is 0 Å². The van der Waals surface area contributed by atoms with Crippen LogP contribution in [0.4, 0.5) is 5.69 Å². The van der Waals surface area contributed by atoms with Crippen molar-refractivity contribution in [3.63, 3.8) is 0 Å². The second-order valence-corrected chi connectivity index (χ2v) is 5.45. The van der Waals surface area contributed by atoms with Crippen LogP contribution in [0.15, 0.2) is 47.1 Å². The number of carbonyl (C=O) groups excluding carboxylic acids is 2. The molecular weight excluding hydrogens is 280 g/mol. The molecule has 0 bridgehead atoms. The van der Waals surface area contributed by atoms with Crippen LogP contribution >= 0.6 is 0 Å². The first-order valence-corrected chi connectivity index (χ1v) is 7.24. The number of rotatable bonds is 6. The van der Waals surface area contributed by atoms with Crippen molar-refractivity contribution in [2.24, 2.45) is 0 Å². The number of furan rings is 1. The molecule has 5 heteroatoms. The minimum Gasteiger partial charge on any atom is -0.463 e. The van der Waals surface area contributed by atoms with Gasteiger partial charge in [-0.3, -0.25) is 9.59 Å². The first-order chi connectivity index (χ1) is 10.5. The van der Waals surface area contributed by atoms with Gasteiger partial charge in [-0.05, 0) is 50.2 Å². The molecule has 0 aliphatic rings. The van der Waals surface area contributed by atoms with Crippen LogP contribution in [0, 0.1) is 0 Å². The number of benzene rings is 1. The SMILES string of the molecule is CC(=O)c1ccc(NC(=O)[C@@H](C)[NH+](C)Cc2ccco2)cc1. The number of hydrogen-bond acceptors (Lipinski definition) is 3. The Morgan fingerprint density at radius 1 is 1.23 bits per heavy atom. The zero-order chi connectivity index (χ0) is 16.1. The number of anilines is 1. The third-order valence-corrected chi connectivity index (χ3v) is 3.72. The first-order valence-electron chi connectivity index (χ1n) is 7.24. The van der Waals surface area contributed by atoms with Crippen LogP contribution in [0.5, 0.6) is 0 Å². The van der Waals surface area contributed by atoms with Gasteiger partial charge in [0.2, 0.25) is 0 Å². The number of likely N-dealkylation sites (N-methyl/N-ethyl adjacent to an activating group) is 1. The molecule has 1 unspecified atom stereocenters. The molecule has 2 N–H and O–H groups in total. The zero-order valence-electron chi connectivity index (χ0n) is 13.1. The lowest BCUT2D eigenvalue weighted by atomic mass is 10.1. The van der Waals surface area contributed by atoms with Gasteiger partial charge in [0.25, 0.3) is 5.91 Å². The van der Waals surface area contributed by atoms with E-state index >= 15 is 0 Å². The van der Waals surface area contributed by atoms with Crippen molar-refractivity contribution in [1.82, 2.24) is 0 Å². The normalized spacial score (nSPS) is 13.4. The lowest BCUT2D eigenvalue weighted by molar-refractivity contribution is -0.908. The summed E-state index contributed by atoms with van der Waals surface area (Å²) in [5.74, 6) is 0.788. The van der Waals surface area contributed by atoms with E-state index in [1.807, 2.05) is 26.1 Å². The molecule has 0 fully saturated rings. The number of Topliss-reactive ketones (excluding diaryl/α,β-unsaturated/α-hetero) is 1. The smallest absolute Gasteiger partial charge is 0.282 e. The summed E-state index contributed by atoms with van der Waals surface area (Å²) >= 11 is 0. The Morgan fingerprint density at radius 2 is 1.91 bits per heavy atom. The second-order valence-electron chi connectivity index (χ2n) is 5.45. The fourth-order valence-electron chi connectivity index (χ4n) is 2.10. The lowest BCUT2D eigenvalue weighted by Crippen LogP contribution is -3.12. The molecule has 0 spiro atoms. The van der Waals surface area contributed by atoms with E-state index < -0.39 is 0 Å². The van der Waals surface area contributed by atoms with Crippen molar-refractivity contribution < 1.29 is 18.9 Å². The zero-order valence-corrected chi connectivity index (χ0v) is 13.1. The van der Waals surface area contributed by atoms with Gasteiger partial charge in [-0.1, -0.05) is 0 Å². The van der Waals surface area contributed by atoms with Crippen LogP contribution in [-0.2, 0) is 11.3 Å². The summed E-state index contributed by atoms with van der Waals surface area (Å²) in [6.07, 6.45) is 1.63. The first kappa shape index (κ1) is 16.0. The van der Waals surface area contributed by atoms with Crippen molar-refractivity contribution in [2.75, 3.05) is 12.4 Å². The number of amides is 1. The molecule has 5 nitrogen and oxygen atoms in total. The van der Waals surface area contributed by atoms with Gasteiger partial charge in [0.05, 0.1) is 13.3 Å². The third-order valence-electron chi connectivity index (χ3n) is 3.72. The number of carbonyl (C=O) groups is 2. The molecule has 1 aromatic carbocycles. The quantitative estimate of drug-likeness (QED) is 0.795. The molecule has 0 radical (unpaired) electrons. The van der Waals surface area contributed by atoms with Crippen LogP contribution < -0.4 is 10.2 Å². The van der Waals surface area contributed by atoms with E-state index in [0.717, 1.165) is 10.7 Å². The van der Waals surface area contributed by atoms with Crippen LogP contribution in [0.2, 0.25) is 0 Å². The summed E-state index contributed by atoms with van der Waals surface area (Å²) in [4.78, 5) is 24.5. The molecule has 0 aliphatic carbocycles. The van der Waals surface area contributed by atoms with Crippen molar-refractivity contribution in [3.05, 3.63) is 54.0 Å². The molecule has 0 saturated carbocycles. The number of hydrogen-bond donors (Lipinski definition) is 2. The second kappa shape index (κ2) is 7.04. The molecule has 1 amide bonds. The van der Waals surface area contributed by atoms with E-state index in [4.69, 9.17) is 4.42 Å². The van der Waals surface area contributed by atoms with Gasteiger partial charge in [0.15, 0.2) is 17.6 Å². The van der Waals surface area contributed by atoms with Gasteiger partial charge in [-0.25, -0.2) is 0 Å². The maximum absolute atomic E-state index is 12.3. The molecular formula is C17H21N2O3+. The van der Waals surface area contributed by atoms with Gasteiger partial charge in [-0.15, -0.1) is 0 Å². The monoisotopic (exact) mass is 301 g/mol. The highest BCUT2D eigenvalue weighted by molar-refractivity contribution is 5.96. The highest BCUT2D eigenvalue weighted by Crippen LogP contribution is 2.10. The highest BCUT2D eigenvalue weighted by atomic mass is 16.3. The van der Waals surface area contributed by atoms with Crippen molar-refractivity contribution in [2.45, 2.75) is 26.4 Å². The van der Waals surface area contributed by atoms with Crippen molar-refractivity contribution in [3.8, 4) is 0 Å². The average molecular weight is 301 g/mol. The predicted molar refractivity (Wildman–Crippen MR) is 83.8 cm³/mol. The molecule has 2 aromatic rings. The molecule has 0 aliphatic heterocycles. The van der Waals surface area contributed by atoms with Crippen LogP contribution in [0.25, 0.3) is 0 Å². The summed E-state index contributed by atoms with van der Waals surface area (Å²) in [5, 5.41) is 2.87. The largest absolute Gasteiger partial charge is 0.463 e. The molecule has 2 atom stereocenters. The minimum atomic E-state index is -0.224. The topological polar surface area (TPSA) is 63.8 Å². The summed E-state index contributed by atoms with van der Waals surface area (Å²) in [7, 11) is 1.95. The van der Waals surface area contributed by atoms with E-state index in [1.54, 1.807) is 30.5 Å². The Morgan fingerprint density at radius 3 is 2.45 bits per heavy atom. The predicted octanol–water partition coefficient (Wildman–Crippen LogP) is 1.52. The summed E-state index contributed by atoms with van der Waals surface area (Å²) in [6.45, 7) is 4.03. The number of ketones is 1. The van der Waals surface area contributed by atoms with Crippen molar-refractivity contribution in [1.29, 1.82) is 0 Å². The molecule has 0 saturated heterocycles. The van der Waals surface area contributed by atoms with E-state index in [0.29, 0.717) is 17.8 Å². The Hall–Kier alpha value is -2.40. The van der Waals surface area contributed by atoms with E-state index in [2.05, 4.69) is 5.32 Å². The van der Waals surface area contributed by atoms with Crippen LogP contribution in [0.3, 0.4) is 0 Å². The van der Waals surface area contributed by atoms with E-state index in [9.17, 15) is 9.59 Å². The summed E-state index contributed by atoms with van der Waals surface area (Å²) < 4.78 is 5.30. The summed E-state index contributed by atoms with van der Waals surface area (Å²) in [5.41, 5.74) is 1.32. The number of quaternary nitrogens is 1. The molecule has 1 heterocycles. The molecule has 2 rings (SSSR count). The Balaban J connectivity index is 1.94. The Bertz CT molecular complexity index is 632. The van der Waals surface area contributed by atoms with Gasteiger partial charge < -0.3 is 14.6 Å². The average Bonchev–Trinajstić information content (AvgIpc) is 2.99. The maximum Gasteiger partial charge on any atom is 0.282 e. The fourth-order valence-corrected chi connectivity index (χ4v) is 2.10. The van der Waals surface area contributed by atoms with Gasteiger partial charge in [0.1, 0.15) is 6.54 Å². The van der Waals surface area contributed by atoms with Crippen LogP contribution in [0.1, 0.15) is 30.0 Å². The Kier molecular flexibility index (Phi) is 5.12. The molecule has 116 valence electrons. The standard InChI is InChI=1S/C17H20N2O3/c1-12(19(3)11-16-5-4-10-22-16)17(21)18-15-8-6-14(7-9-15)13(2)20/h4-10,12H,11H2,1-3H3,(H,18,21)/p+1/t12-/m1/s1. The molecule has 22 heavy (non-hydrogen) atoms. The number of nitrogens with one attached hydrogen (secondary N) is 2. The lowest BCUT2D eigenvalue weighted by Gasteiger charge is -2.20. The van der Waals surface area contributed by atoms with Gasteiger partial charge >= 0.3 is 0 Å². The fraction of sp³-hybridized carbons (Fsp3) is 0.294. The third kappa shape index (κ3) is 4.05. The minimum absolute atomic E-state index is 0.00821. The van der Waals surface area contributed by atoms with Crippen LogP contribution in [-0.4, -0.2) is 24.8 Å². The Labute approximate surface area is 129 Å². The van der Waals surface area contributed by atoms with E-state index in [-0.39, 0.29) is 17.7 Å². The maximum atomic E-state index is 12.3.